The maximum absolute atomic E-state index is 10.8. The molecule has 5 aliphatic heterocycles. The second-order valence-electron chi connectivity index (χ2n) is 7.19. The quantitative estimate of drug-likeness (QED) is 0.726. The fraction of sp³-hybridized carbons (Fsp3) is 1.00. The van der Waals surface area contributed by atoms with Crippen LogP contribution in [0.3, 0.4) is 0 Å². The van der Waals surface area contributed by atoms with Gasteiger partial charge in [-0.1, -0.05) is 0 Å². The van der Waals surface area contributed by atoms with Crippen LogP contribution in [-0.2, 0) is 33.2 Å². The van der Waals surface area contributed by atoms with Crippen LogP contribution >= 0.6 is 0 Å². The van der Waals surface area contributed by atoms with Crippen molar-refractivity contribution in [2.24, 2.45) is 11.8 Å². The molecule has 0 radical (unpaired) electrons. The Morgan fingerprint density at radius 1 is 0.667 bits per heavy atom. The third-order valence-electron chi connectivity index (χ3n) is 5.59. The van der Waals surface area contributed by atoms with Crippen molar-refractivity contribution in [3.05, 3.63) is 0 Å². The first-order chi connectivity index (χ1) is 11.8. The minimum absolute atomic E-state index is 0.189. The Hall–Kier alpha value is -0.320. The summed E-state index contributed by atoms with van der Waals surface area (Å²) in [7, 11) is 0. The van der Waals surface area contributed by atoms with Crippen molar-refractivity contribution in [3.8, 4) is 0 Å². The standard InChI is InChI=1S/C16H24O8/c17-11-12-10(7-20-14(22-12)8-1-3-18-5-8)21-16-13(11)23-15(24-16)9-2-4-19-6-9/h8-17H,1-7H2. The van der Waals surface area contributed by atoms with E-state index >= 15 is 0 Å². The Bertz CT molecular complexity index is 435. The molecule has 0 spiro atoms. The van der Waals surface area contributed by atoms with Gasteiger partial charge in [0.2, 0.25) is 0 Å². The highest BCUT2D eigenvalue weighted by Gasteiger charge is 2.56. The smallest absolute Gasteiger partial charge is 0.190 e. The first-order valence-electron chi connectivity index (χ1n) is 8.86. The topological polar surface area (TPSA) is 84.8 Å². The van der Waals surface area contributed by atoms with Crippen LogP contribution in [0, 0.1) is 11.8 Å². The molecule has 9 unspecified atom stereocenters. The van der Waals surface area contributed by atoms with Gasteiger partial charge in [0.15, 0.2) is 18.9 Å². The van der Waals surface area contributed by atoms with Crippen molar-refractivity contribution in [1.82, 2.24) is 0 Å². The average Bonchev–Trinajstić information content (AvgIpc) is 3.34. The predicted molar refractivity (Wildman–Crippen MR) is 76.9 cm³/mol. The zero-order chi connectivity index (χ0) is 16.1. The van der Waals surface area contributed by atoms with E-state index < -0.39 is 30.9 Å². The molecular formula is C16H24O8. The summed E-state index contributed by atoms with van der Waals surface area (Å²) in [6.45, 7) is 3.09. The number of hydrogen-bond acceptors (Lipinski definition) is 8. The maximum Gasteiger partial charge on any atom is 0.190 e. The van der Waals surface area contributed by atoms with Crippen LogP contribution in [0.5, 0.6) is 0 Å². The Balaban J connectivity index is 1.26. The van der Waals surface area contributed by atoms with Gasteiger partial charge in [-0.25, -0.2) is 0 Å². The Morgan fingerprint density at radius 2 is 1.38 bits per heavy atom. The third kappa shape index (κ3) is 2.69. The van der Waals surface area contributed by atoms with Crippen LogP contribution < -0.4 is 0 Å². The van der Waals surface area contributed by atoms with Gasteiger partial charge in [0.05, 0.1) is 19.8 Å². The molecule has 0 saturated carbocycles. The lowest BCUT2D eigenvalue weighted by molar-refractivity contribution is -0.343. The number of aliphatic hydroxyl groups is 1. The van der Waals surface area contributed by atoms with E-state index in [-0.39, 0.29) is 24.2 Å². The summed E-state index contributed by atoms with van der Waals surface area (Å²) in [5.41, 5.74) is 0. The van der Waals surface area contributed by atoms with Crippen LogP contribution in [0.25, 0.3) is 0 Å². The zero-order valence-electron chi connectivity index (χ0n) is 13.5. The van der Waals surface area contributed by atoms with Gasteiger partial charge in [-0.2, -0.15) is 0 Å². The fourth-order valence-corrected chi connectivity index (χ4v) is 4.16. The van der Waals surface area contributed by atoms with E-state index in [0.717, 1.165) is 26.1 Å². The first-order valence-corrected chi connectivity index (χ1v) is 8.86. The fourth-order valence-electron chi connectivity index (χ4n) is 4.16. The average molecular weight is 344 g/mol. The molecule has 24 heavy (non-hydrogen) atoms. The van der Waals surface area contributed by atoms with E-state index in [9.17, 15) is 5.11 Å². The molecule has 5 aliphatic rings. The van der Waals surface area contributed by atoms with Gasteiger partial charge in [-0.15, -0.1) is 0 Å². The van der Waals surface area contributed by atoms with Crippen molar-refractivity contribution >= 4 is 0 Å². The van der Waals surface area contributed by atoms with Crippen LogP contribution in [-0.4, -0.2) is 81.4 Å². The molecule has 9 atom stereocenters. The van der Waals surface area contributed by atoms with Gasteiger partial charge in [-0.3, -0.25) is 0 Å². The molecule has 0 aliphatic carbocycles. The molecule has 0 bridgehead atoms. The molecule has 5 heterocycles. The lowest BCUT2D eigenvalue weighted by Crippen LogP contribution is -2.62. The van der Waals surface area contributed by atoms with Gasteiger partial charge in [0.25, 0.3) is 0 Å². The van der Waals surface area contributed by atoms with Crippen molar-refractivity contribution in [2.75, 3.05) is 33.0 Å². The van der Waals surface area contributed by atoms with Gasteiger partial charge >= 0.3 is 0 Å². The van der Waals surface area contributed by atoms with E-state index in [4.69, 9.17) is 33.2 Å². The molecule has 0 amide bonds. The van der Waals surface area contributed by atoms with Crippen LogP contribution in [0.4, 0.5) is 0 Å². The van der Waals surface area contributed by atoms with E-state index in [2.05, 4.69) is 0 Å². The summed E-state index contributed by atoms with van der Waals surface area (Å²) in [5.74, 6) is 0.397. The third-order valence-corrected chi connectivity index (χ3v) is 5.59. The molecule has 5 saturated heterocycles. The lowest BCUT2D eigenvalue weighted by atomic mass is 9.97. The molecule has 0 aromatic heterocycles. The number of fused-ring (bicyclic) bond motifs is 2. The maximum atomic E-state index is 10.8. The first kappa shape index (κ1) is 15.9. The van der Waals surface area contributed by atoms with Crippen LogP contribution in [0.1, 0.15) is 12.8 Å². The molecular weight excluding hydrogens is 320 g/mol. The number of ether oxygens (including phenoxy) is 7. The molecule has 8 heteroatoms. The Labute approximate surface area is 140 Å². The minimum atomic E-state index is -0.796. The summed E-state index contributed by atoms with van der Waals surface area (Å²) in [4.78, 5) is 0. The Kier molecular flexibility index (Phi) is 4.27. The van der Waals surface area contributed by atoms with Crippen LogP contribution in [0.2, 0.25) is 0 Å². The van der Waals surface area contributed by atoms with Gasteiger partial charge in [0.1, 0.15) is 24.4 Å². The van der Waals surface area contributed by atoms with E-state index in [1.165, 1.54) is 0 Å². The second kappa shape index (κ2) is 6.44. The molecule has 5 fully saturated rings. The van der Waals surface area contributed by atoms with E-state index in [1.807, 2.05) is 0 Å². The monoisotopic (exact) mass is 344 g/mol. The van der Waals surface area contributed by atoms with Crippen molar-refractivity contribution in [2.45, 2.75) is 56.1 Å². The molecule has 0 aromatic rings. The predicted octanol–water partition coefficient (Wildman–Crippen LogP) is -0.372. The highest BCUT2D eigenvalue weighted by atomic mass is 16.8. The van der Waals surface area contributed by atoms with Crippen molar-refractivity contribution in [1.29, 1.82) is 0 Å². The highest BCUT2D eigenvalue weighted by molar-refractivity contribution is 4.96. The van der Waals surface area contributed by atoms with Crippen molar-refractivity contribution < 1.29 is 38.3 Å². The number of rotatable bonds is 2. The summed E-state index contributed by atoms with van der Waals surface area (Å²) in [6.07, 6.45) is -1.65. The van der Waals surface area contributed by atoms with Crippen LogP contribution in [0.15, 0.2) is 0 Å². The van der Waals surface area contributed by atoms with Gasteiger partial charge in [-0.05, 0) is 12.8 Å². The second-order valence-corrected chi connectivity index (χ2v) is 7.19. The molecule has 1 N–H and O–H groups in total. The zero-order valence-corrected chi connectivity index (χ0v) is 13.5. The number of aliphatic hydroxyl groups excluding tert-OH is 1. The summed E-state index contributed by atoms with van der Waals surface area (Å²) in [5, 5.41) is 10.8. The van der Waals surface area contributed by atoms with Crippen molar-refractivity contribution in [3.63, 3.8) is 0 Å². The molecule has 8 nitrogen and oxygen atoms in total. The minimum Gasteiger partial charge on any atom is -0.387 e. The molecule has 5 rings (SSSR count). The van der Waals surface area contributed by atoms with Gasteiger partial charge < -0.3 is 38.3 Å². The summed E-state index contributed by atoms with van der Waals surface area (Å²) < 4.78 is 40.4. The number of hydrogen-bond donors (Lipinski definition) is 1. The largest absolute Gasteiger partial charge is 0.387 e. The summed E-state index contributed by atoms with van der Waals surface area (Å²) in [6, 6.07) is 0. The van der Waals surface area contributed by atoms with Gasteiger partial charge in [0, 0.05) is 25.0 Å². The Morgan fingerprint density at radius 3 is 2.08 bits per heavy atom. The lowest BCUT2D eigenvalue weighted by Gasteiger charge is -2.45. The molecule has 0 aromatic carbocycles. The molecule has 136 valence electrons. The normalized spacial score (nSPS) is 54.6. The SMILES string of the molecule is OC1C2OC(C3CCOC3)OCC2OC2OC(C3CCOC3)OC21. The van der Waals surface area contributed by atoms with E-state index in [1.54, 1.807) is 0 Å². The van der Waals surface area contributed by atoms with E-state index in [0.29, 0.717) is 19.8 Å². The highest BCUT2D eigenvalue weighted by Crippen LogP contribution is 2.39. The summed E-state index contributed by atoms with van der Waals surface area (Å²) >= 11 is 0.